The largest absolute Gasteiger partial charge is 0.384 e. The lowest BCUT2D eigenvalue weighted by Gasteiger charge is -2.20. The van der Waals surface area contributed by atoms with Crippen LogP contribution >= 0.6 is 0 Å². The molecular weight excluding hydrogens is 296 g/mol. The standard InChI is InChI=1S/C20H26N4/c1-20(2,3)16-6-4-15(5-7-16)18-11-17(13-24-18)23-12-14-8-9-22-19(21)10-14/h4-11,18,23-24H,12-13H2,1-3H3,(H2,21,22). The molecule has 0 fully saturated rings. The Hall–Kier alpha value is -2.33. The van der Waals surface area contributed by atoms with E-state index in [-0.39, 0.29) is 11.5 Å². The second-order valence-corrected chi connectivity index (χ2v) is 7.36. The highest BCUT2D eigenvalue weighted by atomic mass is 15.0. The summed E-state index contributed by atoms with van der Waals surface area (Å²) < 4.78 is 0. The van der Waals surface area contributed by atoms with E-state index >= 15 is 0 Å². The van der Waals surface area contributed by atoms with E-state index in [2.05, 4.69) is 66.7 Å². The Bertz CT molecular complexity index is 726. The summed E-state index contributed by atoms with van der Waals surface area (Å²) in [6, 6.07) is 13.1. The third-order valence-electron chi connectivity index (χ3n) is 4.38. The Morgan fingerprint density at radius 2 is 1.96 bits per heavy atom. The van der Waals surface area contributed by atoms with Gasteiger partial charge >= 0.3 is 0 Å². The number of nitrogens with two attached hydrogens (primary N) is 1. The highest BCUT2D eigenvalue weighted by Gasteiger charge is 2.18. The number of anilines is 1. The van der Waals surface area contributed by atoms with Crippen molar-refractivity contribution in [3.05, 3.63) is 71.1 Å². The summed E-state index contributed by atoms with van der Waals surface area (Å²) in [5.74, 6) is 0.560. The van der Waals surface area contributed by atoms with Crippen molar-refractivity contribution in [3.8, 4) is 0 Å². The van der Waals surface area contributed by atoms with Gasteiger partial charge in [-0.05, 0) is 40.3 Å². The first kappa shape index (κ1) is 16.5. The fraction of sp³-hybridized carbons (Fsp3) is 0.350. The van der Waals surface area contributed by atoms with Crippen LogP contribution in [0.4, 0.5) is 5.82 Å². The van der Waals surface area contributed by atoms with Crippen molar-refractivity contribution in [3.63, 3.8) is 0 Å². The fourth-order valence-corrected chi connectivity index (χ4v) is 2.88. The van der Waals surface area contributed by atoms with E-state index in [0.717, 1.165) is 18.7 Å². The van der Waals surface area contributed by atoms with E-state index < -0.39 is 0 Å². The molecule has 0 amide bonds. The summed E-state index contributed by atoms with van der Waals surface area (Å²) in [4.78, 5) is 4.02. The molecule has 1 aliphatic heterocycles. The molecule has 0 spiro atoms. The van der Waals surface area contributed by atoms with E-state index in [1.54, 1.807) is 6.20 Å². The number of pyridine rings is 1. The first-order valence-corrected chi connectivity index (χ1v) is 8.40. The third kappa shape index (κ3) is 3.95. The molecule has 0 bridgehead atoms. The molecule has 0 aliphatic carbocycles. The minimum Gasteiger partial charge on any atom is -0.384 e. The molecule has 1 aromatic heterocycles. The van der Waals surface area contributed by atoms with Gasteiger partial charge in [0.15, 0.2) is 0 Å². The highest BCUT2D eigenvalue weighted by molar-refractivity contribution is 5.34. The lowest BCUT2D eigenvalue weighted by Crippen LogP contribution is -2.20. The van der Waals surface area contributed by atoms with Crippen LogP contribution < -0.4 is 16.4 Å². The summed E-state index contributed by atoms with van der Waals surface area (Å²) in [7, 11) is 0. The van der Waals surface area contributed by atoms with Gasteiger partial charge in [0.05, 0.1) is 6.04 Å². The van der Waals surface area contributed by atoms with Crippen LogP contribution in [0, 0.1) is 0 Å². The SMILES string of the molecule is CC(C)(C)c1ccc(C2C=C(NCc3ccnc(N)c3)CN2)cc1. The Labute approximate surface area is 144 Å². The molecule has 126 valence electrons. The summed E-state index contributed by atoms with van der Waals surface area (Å²) in [5.41, 5.74) is 10.9. The van der Waals surface area contributed by atoms with Gasteiger partial charge in [-0.1, -0.05) is 45.0 Å². The molecule has 1 unspecified atom stereocenters. The third-order valence-corrected chi connectivity index (χ3v) is 4.38. The predicted octanol–water partition coefficient (Wildman–Crippen LogP) is 3.28. The average molecular weight is 322 g/mol. The van der Waals surface area contributed by atoms with Crippen LogP contribution in [0.5, 0.6) is 0 Å². The van der Waals surface area contributed by atoms with Crippen molar-refractivity contribution < 1.29 is 0 Å². The van der Waals surface area contributed by atoms with Crippen molar-refractivity contribution in [2.75, 3.05) is 12.3 Å². The lowest BCUT2D eigenvalue weighted by atomic mass is 9.86. The maximum Gasteiger partial charge on any atom is 0.123 e. The number of hydrogen-bond donors (Lipinski definition) is 3. The van der Waals surface area contributed by atoms with E-state index in [1.807, 2.05) is 12.1 Å². The molecule has 0 radical (unpaired) electrons. The zero-order valence-corrected chi connectivity index (χ0v) is 14.6. The van der Waals surface area contributed by atoms with E-state index in [1.165, 1.54) is 16.8 Å². The molecule has 1 aromatic carbocycles. The summed E-state index contributed by atoms with van der Waals surface area (Å²) >= 11 is 0. The van der Waals surface area contributed by atoms with Gasteiger partial charge in [0.2, 0.25) is 0 Å². The highest BCUT2D eigenvalue weighted by Crippen LogP contribution is 2.26. The Kier molecular flexibility index (Phi) is 4.58. The lowest BCUT2D eigenvalue weighted by molar-refractivity contribution is 0.589. The molecule has 4 heteroatoms. The van der Waals surface area contributed by atoms with E-state index in [4.69, 9.17) is 5.73 Å². The minimum atomic E-state index is 0.191. The van der Waals surface area contributed by atoms with Gasteiger partial charge in [-0.3, -0.25) is 0 Å². The first-order valence-electron chi connectivity index (χ1n) is 8.40. The number of nitrogen functional groups attached to an aromatic ring is 1. The van der Waals surface area contributed by atoms with Crippen LogP contribution in [0.2, 0.25) is 0 Å². The summed E-state index contributed by atoms with van der Waals surface area (Å²) in [6.45, 7) is 8.33. The summed E-state index contributed by atoms with van der Waals surface area (Å²) in [6.07, 6.45) is 4.00. The number of nitrogens with zero attached hydrogens (tertiary/aromatic N) is 1. The van der Waals surface area contributed by atoms with Crippen LogP contribution in [0.15, 0.2) is 54.4 Å². The average Bonchev–Trinajstić information content (AvgIpc) is 3.01. The van der Waals surface area contributed by atoms with E-state index in [9.17, 15) is 0 Å². The van der Waals surface area contributed by atoms with Crippen molar-refractivity contribution in [2.45, 2.75) is 38.8 Å². The Balaban J connectivity index is 1.63. The molecule has 0 saturated heterocycles. The van der Waals surface area contributed by atoms with Gasteiger partial charge in [-0.2, -0.15) is 0 Å². The molecule has 1 atom stereocenters. The Morgan fingerprint density at radius 3 is 2.62 bits per heavy atom. The first-order chi connectivity index (χ1) is 11.4. The predicted molar refractivity (Wildman–Crippen MR) is 99.5 cm³/mol. The van der Waals surface area contributed by atoms with Crippen LogP contribution in [-0.2, 0) is 12.0 Å². The number of rotatable bonds is 4. The molecule has 24 heavy (non-hydrogen) atoms. The smallest absolute Gasteiger partial charge is 0.123 e. The quantitative estimate of drug-likeness (QED) is 0.808. The number of nitrogens with one attached hydrogen (secondary N) is 2. The second kappa shape index (κ2) is 6.65. The van der Waals surface area contributed by atoms with Crippen molar-refractivity contribution in [1.29, 1.82) is 0 Å². The van der Waals surface area contributed by atoms with Gasteiger partial charge in [0.25, 0.3) is 0 Å². The molecule has 2 heterocycles. The van der Waals surface area contributed by atoms with Gasteiger partial charge < -0.3 is 16.4 Å². The van der Waals surface area contributed by atoms with Gasteiger partial charge in [0.1, 0.15) is 5.82 Å². The molecule has 1 aliphatic rings. The fourth-order valence-electron chi connectivity index (χ4n) is 2.88. The maximum atomic E-state index is 5.72. The van der Waals surface area contributed by atoms with Crippen LogP contribution in [0.1, 0.15) is 43.5 Å². The van der Waals surface area contributed by atoms with Gasteiger partial charge in [0, 0.05) is 25.0 Å². The molecule has 0 saturated carbocycles. The molecule has 2 aromatic rings. The number of benzene rings is 1. The molecule has 3 rings (SSSR count). The summed E-state index contributed by atoms with van der Waals surface area (Å²) in [5, 5.41) is 7.01. The van der Waals surface area contributed by atoms with E-state index in [0.29, 0.717) is 5.82 Å². The zero-order valence-electron chi connectivity index (χ0n) is 14.6. The molecular formula is C20H26N4. The monoisotopic (exact) mass is 322 g/mol. The van der Waals surface area contributed by atoms with Crippen LogP contribution in [0.3, 0.4) is 0 Å². The molecule has 4 N–H and O–H groups in total. The maximum absolute atomic E-state index is 5.72. The van der Waals surface area contributed by atoms with Gasteiger partial charge in [-0.25, -0.2) is 4.98 Å². The van der Waals surface area contributed by atoms with Crippen molar-refractivity contribution in [1.82, 2.24) is 15.6 Å². The number of aromatic nitrogens is 1. The second-order valence-electron chi connectivity index (χ2n) is 7.36. The topological polar surface area (TPSA) is 63.0 Å². The molecule has 4 nitrogen and oxygen atoms in total. The number of hydrogen-bond acceptors (Lipinski definition) is 4. The zero-order chi connectivity index (χ0) is 17.2. The van der Waals surface area contributed by atoms with Crippen LogP contribution in [-0.4, -0.2) is 11.5 Å². The minimum absolute atomic E-state index is 0.191. The normalized spacial score (nSPS) is 17.6. The van der Waals surface area contributed by atoms with Gasteiger partial charge in [-0.15, -0.1) is 0 Å². The Morgan fingerprint density at radius 1 is 1.21 bits per heavy atom. The van der Waals surface area contributed by atoms with Crippen molar-refractivity contribution >= 4 is 5.82 Å². The van der Waals surface area contributed by atoms with Crippen molar-refractivity contribution in [2.24, 2.45) is 0 Å². The van der Waals surface area contributed by atoms with Crippen LogP contribution in [0.25, 0.3) is 0 Å².